The quantitative estimate of drug-likeness (QED) is 0.910. The third-order valence-corrected chi connectivity index (χ3v) is 5.34. The van der Waals surface area contributed by atoms with Crippen molar-refractivity contribution in [2.45, 2.75) is 63.0 Å². The van der Waals surface area contributed by atoms with Crippen molar-refractivity contribution in [1.82, 2.24) is 15.3 Å². The van der Waals surface area contributed by atoms with Crippen molar-refractivity contribution < 1.29 is 9.90 Å². The number of hydrogen-bond donors (Lipinski definition) is 2. The highest BCUT2D eigenvalue weighted by Crippen LogP contribution is 2.44. The van der Waals surface area contributed by atoms with Gasteiger partial charge in [0.1, 0.15) is 0 Å². The van der Waals surface area contributed by atoms with Crippen LogP contribution in [-0.2, 0) is 0 Å². The van der Waals surface area contributed by atoms with Crippen LogP contribution in [0.5, 0.6) is 0 Å². The molecule has 0 unspecified atom stereocenters. The molecule has 5 heteroatoms. The van der Waals surface area contributed by atoms with Crippen LogP contribution in [0.2, 0.25) is 0 Å². The maximum Gasteiger partial charge on any atom is 0.253 e. The molecule has 2 aromatic rings. The molecule has 0 saturated heterocycles. The summed E-state index contributed by atoms with van der Waals surface area (Å²) in [5.41, 5.74) is 2.11. The Bertz CT molecular complexity index is 773. The number of amides is 1. The number of nitrogens with zero attached hydrogens (tertiary/aromatic N) is 2. The number of aliphatic hydroxyl groups is 1. The summed E-state index contributed by atoms with van der Waals surface area (Å²) in [4.78, 5) is 21.5. The number of carbonyl (C=O) groups excluding carboxylic acids is 1. The van der Waals surface area contributed by atoms with Crippen LogP contribution in [0.3, 0.4) is 0 Å². The zero-order valence-corrected chi connectivity index (χ0v) is 14.0. The van der Waals surface area contributed by atoms with E-state index in [-0.39, 0.29) is 11.9 Å². The number of nitrogens with one attached hydrogen (secondary N) is 1. The zero-order chi connectivity index (χ0) is 16.7. The smallest absolute Gasteiger partial charge is 0.253 e. The SMILES string of the molecule is CC1(O)CCC(NC(=O)c2cnc3ccncc3c2C2CC2)CC1. The highest BCUT2D eigenvalue weighted by molar-refractivity contribution is 6.00. The number of aromatic nitrogens is 2. The minimum atomic E-state index is -0.587. The van der Waals surface area contributed by atoms with Crippen molar-refractivity contribution in [1.29, 1.82) is 0 Å². The van der Waals surface area contributed by atoms with E-state index in [1.54, 1.807) is 12.4 Å². The first-order valence-corrected chi connectivity index (χ1v) is 8.79. The molecule has 2 heterocycles. The fraction of sp³-hybridized carbons (Fsp3) is 0.526. The molecule has 0 aromatic carbocycles. The molecule has 24 heavy (non-hydrogen) atoms. The summed E-state index contributed by atoms with van der Waals surface area (Å²) in [6.07, 6.45) is 10.6. The van der Waals surface area contributed by atoms with Crippen molar-refractivity contribution in [3.8, 4) is 0 Å². The summed E-state index contributed by atoms with van der Waals surface area (Å²) >= 11 is 0. The van der Waals surface area contributed by atoms with E-state index in [1.165, 1.54) is 0 Å². The predicted octanol–water partition coefficient (Wildman–Crippen LogP) is 2.93. The Morgan fingerprint density at radius 1 is 1.25 bits per heavy atom. The van der Waals surface area contributed by atoms with Crippen molar-refractivity contribution in [2.75, 3.05) is 0 Å². The summed E-state index contributed by atoms with van der Waals surface area (Å²) in [6.45, 7) is 1.87. The van der Waals surface area contributed by atoms with Crippen LogP contribution in [-0.4, -0.2) is 32.6 Å². The molecule has 0 radical (unpaired) electrons. The van der Waals surface area contributed by atoms with Gasteiger partial charge in [0.05, 0.1) is 16.7 Å². The Balaban J connectivity index is 1.59. The monoisotopic (exact) mass is 325 g/mol. The van der Waals surface area contributed by atoms with Crippen LogP contribution in [0, 0.1) is 0 Å². The second-order valence-corrected chi connectivity index (χ2v) is 7.50. The zero-order valence-electron chi connectivity index (χ0n) is 14.0. The van der Waals surface area contributed by atoms with Crippen LogP contribution in [0.25, 0.3) is 10.9 Å². The van der Waals surface area contributed by atoms with Crippen molar-refractivity contribution in [3.05, 3.63) is 35.8 Å². The summed E-state index contributed by atoms with van der Waals surface area (Å²) in [5.74, 6) is 0.411. The Kier molecular flexibility index (Phi) is 3.76. The molecule has 1 amide bonds. The third kappa shape index (κ3) is 3.00. The van der Waals surface area contributed by atoms with Crippen LogP contribution in [0.15, 0.2) is 24.7 Å². The van der Waals surface area contributed by atoms with E-state index in [4.69, 9.17) is 0 Å². The fourth-order valence-electron chi connectivity index (χ4n) is 3.70. The van der Waals surface area contributed by atoms with E-state index in [2.05, 4.69) is 15.3 Å². The average molecular weight is 325 g/mol. The van der Waals surface area contributed by atoms with Gasteiger partial charge in [-0.1, -0.05) is 0 Å². The minimum Gasteiger partial charge on any atom is -0.390 e. The van der Waals surface area contributed by atoms with Gasteiger partial charge < -0.3 is 10.4 Å². The Morgan fingerprint density at radius 2 is 2.00 bits per heavy atom. The molecular formula is C19H23N3O2. The molecule has 0 atom stereocenters. The largest absolute Gasteiger partial charge is 0.390 e. The number of hydrogen-bond acceptors (Lipinski definition) is 4. The lowest BCUT2D eigenvalue weighted by atomic mass is 9.83. The van der Waals surface area contributed by atoms with E-state index in [9.17, 15) is 9.90 Å². The maximum absolute atomic E-state index is 12.8. The normalized spacial score (nSPS) is 27.2. The highest BCUT2D eigenvalue weighted by atomic mass is 16.3. The van der Waals surface area contributed by atoms with Crippen LogP contribution in [0.4, 0.5) is 0 Å². The van der Waals surface area contributed by atoms with E-state index < -0.39 is 5.60 Å². The van der Waals surface area contributed by atoms with Crippen LogP contribution in [0.1, 0.15) is 67.3 Å². The van der Waals surface area contributed by atoms with Gasteiger partial charge in [0.2, 0.25) is 0 Å². The molecule has 5 nitrogen and oxygen atoms in total. The number of carbonyl (C=O) groups is 1. The first kappa shape index (κ1) is 15.5. The molecule has 2 aliphatic carbocycles. The van der Waals surface area contributed by atoms with Gasteiger partial charge in [-0.25, -0.2) is 0 Å². The molecule has 2 aromatic heterocycles. The molecule has 126 valence electrons. The van der Waals surface area contributed by atoms with Gasteiger partial charge in [-0.2, -0.15) is 0 Å². The second kappa shape index (κ2) is 5.81. The van der Waals surface area contributed by atoms with Crippen molar-refractivity contribution in [3.63, 3.8) is 0 Å². The van der Waals surface area contributed by atoms with Gasteiger partial charge >= 0.3 is 0 Å². The van der Waals surface area contributed by atoms with Crippen molar-refractivity contribution >= 4 is 16.8 Å². The summed E-state index contributed by atoms with van der Waals surface area (Å²) < 4.78 is 0. The van der Waals surface area contributed by atoms with Gasteiger partial charge in [-0.15, -0.1) is 0 Å². The fourth-order valence-corrected chi connectivity index (χ4v) is 3.70. The Hall–Kier alpha value is -2.01. The molecule has 0 aliphatic heterocycles. The lowest BCUT2D eigenvalue weighted by molar-refractivity contribution is 0.0140. The van der Waals surface area contributed by atoms with Gasteiger partial charge in [-0.3, -0.25) is 14.8 Å². The summed E-state index contributed by atoms with van der Waals surface area (Å²) in [5, 5.41) is 14.2. The van der Waals surface area contributed by atoms with Crippen LogP contribution < -0.4 is 5.32 Å². The maximum atomic E-state index is 12.8. The molecule has 2 aliphatic rings. The summed E-state index contributed by atoms with van der Waals surface area (Å²) in [7, 11) is 0. The summed E-state index contributed by atoms with van der Waals surface area (Å²) in [6, 6.07) is 2.03. The van der Waals surface area contributed by atoms with E-state index in [0.29, 0.717) is 11.5 Å². The third-order valence-electron chi connectivity index (χ3n) is 5.34. The topological polar surface area (TPSA) is 75.1 Å². The Labute approximate surface area is 141 Å². The molecule has 2 saturated carbocycles. The highest BCUT2D eigenvalue weighted by Gasteiger charge is 2.33. The van der Waals surface area contributed by atoms with Crippen LogP contribution >= 0.6 is 0 Å². The first-order chi connectivity index (χ1) is 11.5. The van der Waals surface area contributed by atoms with E-state index in [1.807, 2.05) is 19.2 Å². The Morgan fingerprint density at radius 3 is 2.71 bits per heavy atom. The van der Waals surface area contributed by atoms with Gasteiger partial charge in [0, 0.05) is 30.0 Å². The predicted molar refractivity (Wildman–Crippen MR) is 91.9 cm³/mol. The number of fused-ring (bicyclic) bond motifs is 1. The molecule has 0 spiro atoms. The minimum absolute atomic E-state index is 0.0401. The average Bonchev–Trinajstić information content (AvgIpc) is 3.40. The van der Waals surface area contributed by atoms with Gasteiger partial charge in [0.25, 0.3) is 5.91 Å². The molecule has 4 rings (SSSR count). The standard InChI is InChI=1S/C19H23N3O2/c1-19(24)7-4-13(5-8-19)22-18(23)15-11-21-16-6-9-20-10-14(16)17(15)12-2-3-12/h6,9-13,24H,2-5,7-8H2,1H3,(H,22,23). The number of rotatable bonds is 3. The lowest BCUT2D eigenvalue weighted by Gasteiger charge is -2.33. The van der Waals surface area contributed by atoms with E-state index in [0.717, 1.165) is 55.0 Å². The number of pyridine rings is 2. The molecular weight excluding hydrogens is 302 g/mol. The van der Waals surface area contributed by atoms with Gasteiger partial charge in [0.15, 0.2) is 0 Å². The van der Waals surface area contributed by atoms with E-state index >= 15 is 0 Å². The van der Waals surface area contributed by atoms with Gasteiger partial charge in [-0.05, 0) is 63.0 Å². The van der Waals surface area contributed by atoms with Crippen molar-refractivity contribution in [2.24, 2.45) is 0 Å². The lowest BCUT2D eigenvalue weighted by Crippen LogP contribution is -2.42. The molecule has 0 bridgehead atoms. The molecule has 2 N–H and O–H groups in total. The first-order valence-electron chi connectivity index (χ1n) is 8.79. The molecule has 2 fully saturated rings. The second-order valence-electron chi connectivity index (χ2n) is 7.50.